The minimum Gasteiger partial charge on any atom is -0.497 e. The van der Waals surface area contributed by atoms with Gasteiger partial charge in [-0.1, -0.05) is 0 Å². The quantitative estimate of drug-likeness (QED) is 0.853. The molecule has 0 spiro atoms. The van der Waals surface area contributed by atoms with Crippen LogP contribution in [0.15, 0.2) is 42.5 Å². The van der Waals surface area contributed by atoms with Gasteiger partial charge in [0.15, 0.2) is 0 Å². The maximum Gasteiger partial charge on any atom is 0.143 e. The monoisotopic (exact) mass is 328 g/mol. The Kier molecular flexibility index (Phi) is 4.42. The van der Waals surface area contributed by atoms with Crippen molar-refractivity contribution in [3.05, 3.63) is 42.5 Å². The van der Waals surface area contributed by atoms with Gasteiger partial charge in [0.25, 0.3) is 0 Å². The van der Waals surface area contributed by atoms with Crippen LogP contribution in [0.25, 0.3) is 0 Å². The van der Waals surface area contributed by atoms with E-state index in [4.69, 9.17) is 19.9 Å². The fraction of sp³-hybridized carbons (Fsp3) is 0.368. The fourth-order valence-electron chi connectivity index (χ4n) is 2.89. The number of anilines is 2. The van der Waals surface area contributed by atoms with Crippen LogP contribution in [0.3, 0.4) is 0 Å². The van der Waals surface area contributed by atoms with Crippen molar-refractivity contribution in [1.82, 2.24) is 0 Å². The molecule has 128 valence electrons. The summed E-state index contributed by atoms with van der Waals surface area (Å²) in [6.45, 7) is 6.30. The molecule has 0 fully saturated rings. The molecule has 1 aliphatic heterocycles. The lowest BCUT2D eigenvalue weighted by atomic mass is 10.0. The molecule has 0 saturated carbocycles. The molecule has 1 heterocycles. The van der Waals surface area contributed by atoms with E-state index in [2.05, 4.69) is 18.7 Å². The third-order valence-corrected chi connectivity index (χ3v) is 3.97. The average molecular weight is 328 g/mol. The van der Waals surface area contributed by atoms with E-state index in [9.17, 15) is 0 Å². The Balaban J connectivity index is 1.67. The van der Waals surface area contributed by atoms with Gasteiger partial charge in [0.2, 0.25) is 0 Å². The van der Waals surface area contributed by atoms with Gasteiger partial charge in [-0.3, -0.25) is 0 Å². The second-order valence-corrected chi connectivity index (χ2v) is 6.53. The van der Waals surface area contributed by atoms with Crippen LogP contribution < -0.4 is 24.8 Å². The van der Waals surface area contributed by atoms with Crippen LogP contribution in [0.5, 0.6) is 17.2 Å². The van der Waals surface area contributed by atoms with E-state index in [1.165, 1.54) is 0 Å². The van der Waals surface area contributed by atoms with Crippen molar-refractivity contribution in [2.24, 2.45) is 0 Å². The van der Waals surface area contributed by atoms with Crippen LogP contribution in [0.2, 0.25) is 0 Å². The number of methoxy groups -OCH3 is 1. The highest BCUT2D eigenvalue weighted by molar-refractivity contribution is 5.66. The third kappa shape index (κ3) is 3.67. The van der Waals surface area contributed by atoms with Crippen molar-refractivity contribution in [3.63, 3.8) is 0 Å². The summed E-state index contributed by atoms with van der Waals surface area (Å²) in [6, 6.07) is 13.4. The molecular formula is C19H24N2O3. The highest BCUT2D eigenvalue weighted by Crippen LogP contribution is 2.38. The Labute approximate surface area is 142 Å². The van der Waals surface area contributed by atoms with E-state index in [1.54, 1.807) is 7.11 Å². The van der Waals surface area contributed by atoms with Crippen LogP contribution in [-0.4, -0.2) is 32.4 Å². The summed E-state index contributed by atoms with van der Waals surface area (Å²) in [7, 11) is 1.65. The van der Waals surface area contributed by atoms with E-state index < -0.39 is 0 Å². The van der Waals surface area contributed by atoms with Crippen LogP contribution in [-0.2, 0) is 0 Å². The first kappa shape index (κ1) is 16.3. The zero-order valence-electron chi connectivity index (χ0n) is 14.4. The Morgan fingerprint density at radius 3 is 2.54 bits per heavy atom. The van der Waals surface area contributed by atoms with Crippen molar-refractivity contribution < 1.29 is 14.2 Å². The molecule has 0 aliphatic carbocycles. The average Bonchev–Trinajstić information content (AvgIpc) is 2.55. The number of hydrogen-bond acceptors (Lipinski definition) is 5. The van der Waals surface area contributed by atoms with Gasteiger partial charge < -0.3 is 24.8 Å². The van der Waals surface area contributed by atoms with Gasteiger partial charge in [0, 0.05) is 5.69 Å². The highest BCUT2D eigenvalue weighted by Gasteiger charge is 2.31. The maximum atomic E-state index is 6.04. The predicted octanol–water partition coefficient (Wildman–Crippen LogP) is 3.33. The van der Waals surface area contributed by atoms with Crippen LogP contribution in [0.1, 0.15) is 13.8 Å². The first-order valence-corrected chi connectivity index (χ1v) is 8.07. The molecule has 5 nitrogen and oxygen atoms in total. The first-order chi connectivity index (χ1) is 11.5. The molecule has 24 heavy (non-hydrogen) atoms. The topological polar surface area (TPSA) is 57.0 Å². The first-order valence-electron chi connectivity index (χ1n) is 8.07. The van der Waals surface area contributed by atoms with Crippen molar-refractivity contribution in [3.8, 4) is 17.2 Å². The molecule has 2 aromatic rings. The van der Waals surface area contributed by atoms with Crippen LogP contribution >= 0.6 is 0 Å². The minimum absolute atomic E-state index is 0.247. The molecular weight excluding hydrogens is 304 g/mol. The summed E-state index contributed by atoms with van der Waals surface area (Å²) in [5, 5.41) is 0. The molecule has 0 aromatic heterocycles. The molecule has 2 aromatic carbocycles. The Morgan fingerprint density at radius 2 is 1.83 bits per heavy atom. The summed E-state index contributed by atoms with van der Waals surface area (Å²) >= 11 is 0. The Bertz CT molecular complexity index is 698. The molecule has 2 N–H and O–H groups in total. The van der Waals surface area contributed by atoms with Crippen molar-refractivity contribution in [2.45, 2.75) is 19.4 Å². The van der Waals surface area contributed by atoms with Gasteiger partial charge >= 0.3 is 0 Å². The number of ether oxygens (including phenoxy) is 3. The van der Waals surface area contributed by atoms with Crippen molar-refractivity contribution in [2.75, 3.05) is 37.4 Å². The van der Waals surface area contributed by atoms with Crippen LogP contribution in [0, 0.1) is 0 Å². The zero-order valence-corrected chi connectivity index (χ0v) is 14.4. The molecule has 0 bridgehead atoms. The summed E-state index contributed by atoms with van der Waals surface area (Å²) in [4.78, 5) is 2.26. The minimum atomic E-state index is -0.247. The van der Waals surface area contributed by atoms with E-state index in [0.29, 0.717) is 6.61 Å². The summed E-state index contributed by atoms with van der Waals surface area (Å²) in [5.74, 6) is 2.52. The number of nitrogens with two attached hydrogens (primary N) is 1. The van der Waals surface area contributed by atoms with E-state index >= 15 is 0 Å². The lowest BCUT2D eigenvalue weighted by Gasteiger charge is -2.41. The molecule has 0 saturated heterocycles. The molecule has 1 aliphatic rings. The SMILES string of the molecule is COc1ccc(OCCN2CC(C)(C)Oc3ccc(N)cc32)cc1. The summed E-state index contributed by atoms with van der Waals surface area (Å²) < 4.78 is 17.0. The zero-order chi connectivity index (χ0) is 17.2. The fourth-order valence-corrected chi connectivity index (χ4v) is 2.89. The third-order valence-electron chi connectivity index (χ3n) is 3.97. The number of fused-ring (bicyclic) bond motifs is 1. The molecule has 3 rings (SSSR count). The molecule has 5 heteroatoms. The molecule has 0 unspecified atom stereocenters. The predicted molar refractivity (Wildman–Crippen MR) is 96.3 cm³/mol. The Morgan fingerprint density at radius 1 is 1.12 bits per heavy atom. The van der Waals surface area contributed by atoms with Gasteiger partial charge in [-0.05, 0) is 56.3 Å². The van der Waals surface area contributed by atoms with Crippen molar-refractivity contribution >= 4 is 11.4 Å². The van der Waals surface area contributed by atoms with Crippen LogP contribution in [0.4, 0.5) is 11.4 Å². The lowest BCUT2D eigenvalue weighted by molar-refractivity contribution is 0.104. The second kappa shape index (κ2) is 6.51. The van der Waals surface area contributed by atoms with Gasteiger partial charge in [-0.2, -0.15) is 0 Å². The maximum absolute atomic E-state index is 6.04. The lowest BCUT2D eigenvalue weighted by Crippen LogP contribution is -2.48. The highest BCUT2D eigenvalue weighted by atomic mass is 16.5. The van der Waals surface area contributed by atoms with Gasteiger partial charge in [-0.15, -0.1) is 0 Å². The standard InChI is InChI=1S/C19H24N2O3/c1-19(2)13-21(17-12-14(20)4-9-18(17)24-19)10-11-23-16-7-5-15(22-3)6-8-16/h4-9,12H,10-11,13,20H2,1-3H3. The van der Waals surface area contributed by atoms with E-state index in [1.807, 2.05) is 42.5 Å². The largest absolute Gasteiger partial charge is 0.497 e. The summed E-state index contributed by atoms with van der Waals surface area (Å²) in [5.41, 5.74) is 7.44. The smallest absolute Gasteiger partial charge is 0.143 e. The summed E-state index contributed by atoms with van der Waals surface area (Å²) in [6.07, 6.45) is 0. The number of hydrogen-bond donors (Lipinski definition) is 1. The molecule has 0 atom stereocenters. The Hall–Kier alpha value is -2.56. The van der Waals surface area contributed by atoms with Crippen molar-refractivity contribution in [1.29, 1.82) is 0 Å². The van der Waals surface area contributed by atoms with Gasteiger partial charge in [0.05, 0.1) is 25.9 Å². The molecule has 0 amide bonds. The number of nitrogen functional groups attached to an aromatic ring is 1. The number of benzene rings is 2. The number of nitrogens with zero attached hydrogens (tertiary/aromatic N) is 1. The number of rotatable bonds is 5. The molecule has 0 radical (unpaired) electrons. The van der Waals surface area contributed by atoms with E-state index in [-0.39, 0.29) is 5.60 Å². The second-order valence-electron chi connectivity index (χ2n) is 6.53. The normalized spacial score (nSPS) is 15.4. The van der Waals surface area contributed by atoms with E-state index in [0.717, 1.165) is 41.7 Å². The van der Waals surface area contributed by atoms with Gasteiger partial charge in [0.1, 0.15) is 29.5 Å². The van der Waals surface area contributed by atoms with Gasteiger partial charge in [-0.25, -0.2) is 0 Å².